The lowest BCUT2D eigenvalue weighted by Crippen LogP contribution is -1.95. The Morgan fingerprint density at radius 1 is 1.25 bits per heavy atom. The van der Waals surface area contributed by atoms with Gasteiger partial charge in [0, 0.05) is 6.07 Å². The zero-order valence-electron chi connectivity index (χ0n) is 6.00. The summed E-state index contributed by atoms with van der Waals surface area (Å²) in [5.41, 5.74) is 0. The van der Waals surface area contributed by atoms with Crippen molar-refractivity contribution in [2.75, 3.05) is 7.11 Å². The molecule has 0 spiro atoms. The highest BCUT2D eigenvalue weighted by atomic mass is 35.5. The highest BCUT2D eigenvalue weighted by Gasteiger charge is 2.17. The molecule has 0 unspecified atom stereocenters. The summed E-state index contributed by atoms with van der Waals surface area (Å²) in [6.45, 7) is 0. The molecule has 0 radical (unpaired) electrons. The molecule has 0 fully saturated rings. The van der Waals surface area contributed by atoms with Crippen LogP contribution in [0.15, 0.2) is 6.07 Å². The lowest BCUT2D eigenvalue weighted by molar-refractivity contribution is 0.376. The molecule has 0 heterocycles. The molecular formula is C7H4ClF3O. The fourth-order valence-corrected chi connectivity index (χ4v) is 0.994. The van der Waals surface area contributed by atoms with Crippen molar-refractivity contribution in [1.29, 1.82) is 0 Å². The Kier molecular flexibility index (Phi) is 2.47. The molecule has 0 aliphatic heterocycles. The summed E-state index contributed by atoms with van der Waals surface area (Å²) >= 11 is 5.22. The third kappa shape index (κ3) is 1.34. The SMILES string of the molecule is COc1c(F)cc(F)c(F)c1Cl. The van der Waals surface area contributed by atoms with Gasteiger partial charge >= 0.3 is 0 Å². The predicted octanol–water partition coefficient (Wildman–Crippen LogP) is 2.77. The second kappa shape index (κ2) is 3.23. The Morgan fingerprint density at radius 2 is 1.83 bits per heavy atom. The molecule has 1 aromatic carbocycles. The van der Waals surface area contributed by atoms with E-state index in [4.69, 9.17) is 11.6 Å². The molecule has 66 valence electrons. The number of benzene rings is 1. The maximum atomic E-state index is 12.7. The van der Waals surface area contributed by atoms with Gasteiger partial charge in [-0.3, -0.25) is 0 Å². The summed E-state index contributed by atoms with van der Waals surface area (Å²) in [7, 11) is 1.11. The van der Waals surface area contributed by atoms with Crippen molar-refractivity contribution in [3.63, 3.8) is 0 Å². The zero-order valence-corrected chi connectivity index (χ0v) is 6.75. The highest BCUT2D eigenvalue weighted by molar-refractivity contribution is 6.32. The molecule has 5 heteroatoms. The summed E-state index contributed by atoms with van der Waals surface area (Å²) in [5.74, 6) is -4.16. The molecule has 1 aromatic rings. The van der Waals surface area contributed by atoms with Crippen molar-refractivity contribution in [3.05, 3.63) is 28.5 Å². The van der Waals surface area contributed by atoms with E-state index in [1.165, 1.54) is 0 Å². The van der Waals surface area contributed by atoms with Gasteiger partial charge < -0.3 is 4.74 Å². The normalized spacial score (nSPS) is 10.1. The number of ether oxygens (including phenoxy) is 1. The van der Waals surface area contributed by atoms with Crippen LogP contribution in [0.4, 0.5) is 13.2 Å². The van der Waals surface area contributed by atoms with Crippen LogP contribution < -0.4 is 4.74 Å². The first-order valence-corrected chi connectivity index (χ1v) is 3.32. The van der Waals surface area contributed by atoms with Gasteiger partial charge in [-0.05, 0) is 0 Å². The van der Waals surface area contributed by atoms with Gasteiger partial charge in [0.1, 0.15) is 5.02 Å². The lowest BCUT2D eigenvalue weighted by atomic mass is 10.3. The zero-order chi connectivity index (χ0) is 9.30. The van der Waals surface area contributed by atoms with Gasteiger partial charge in [0.05, 0.1) is 7.11 Å². The molecule has 0 bridgehead atoms. The standard InChI is InChI=1S/C7H4ClF3O/c1-12-7-4(10)2-3(9)6(11)5(7)8/h2H,1H3. The highest BCUT2D eigenvalue weighted by Crippen LogP contribution is 2.31. The molecule has 1 rings (SSSR count). The van der Waals surface area contributed by atoms with Crippen molar-refractivity contribution < 1.29 is 17.9 Å². The van der Waals surface area contributed by atoms with Gasteiger partial charge in [-0.25, -0.2) is 13.2 Å². The maximum Gasteiger partial charge on any atom is 0.181 e. The largest absolute Gasteiger partial charge is 0.492 e. The van der Waals surface area contributed by atoms with Crippen LogP contribution in [0.5, 0.6) is 5.75 Å². The Balaban J connectivity index is 3.40. The van der Waals surface area contributed by atoms with E-state index < -0.39 is 28.2 Å². The topological polar surface area (TPSA) is 9.23 Å². The van der Waals surface area contributed by atoms with E-state index in [0.717, 1.165) is 7.11 Å². The second-order valence-electron chi connectivity index (χ2n) is 2.00. The molecule has 0 N–H and O–H groups in total. The first kappa shape index (κ1) is 9.19. The molecule has 12 heavy (non-hydrogen) atoms. The van der Waals surface area contributed by atoms with Gasteiger partial charge in [0.15, 0.2) is 23.2 Å². The molecule has 0 saturated heterocycles. The van der Waals surface area contributed by atoms with Crippen LogP contribution in [0.2, 0.25) is 5.02 Å². The predicted molar refractivity (Wildman–Crippen MR) is 37.9 cm³/mol. The first-order valence-electron chi connectivity index (χ1n) is 2.95. The Hall–Kier alpha value is -0.900. The number of halogens is 4. The number of hydrogen-bond donors (Lipinski definition) is 0. The summed E-state index contributed by atoms with van der Waals surface area (Å²) in [6, 6.07) is 0.375. The van der Waals surface area contributed by atoms with Crippen LogP contribution in [0.1, 0.15) is 0 Å². The van der Waals surface area contributed by atoms with Gasteiger partial charge in [0.2, 0.25) is 0 Å². The van der Waals surface area contributed by atoms with Crippen molar-refractivity contribution in [2.24, 2.45) is 0 Å². The number of hydrogen-bond acceptors (Lipinski definition) is 1. The summed E-state index contributed by atoms with van der Waals surface area (Å²) in [6.07, 6.45) is 0. The molecule has 0 aliphatic rings. The minimum atomic E-state index is -1.33. The van der Waals surface area contributed by atoms with Gasteiger partial charge in [-0.15, -0.1) is 0 Å². The molecule has 0 atom stereocenters. The third-order valence-corrected chi connectivity index (χ3v) is 1.61. The van der Waals surface area contributed by atoms with Crippen LogP contribution in [-0.2, 0) is 0 Å². The fraction of sp³-hybridized carbons (Fsp3) is 0.143. The molecule has 0 aromatic heterocycles. The summed E-state index contributed by atoms with van der Waals surface area (Å²) < 4.78 is 42.1. The minimum absolute atomic E-state index is 0.375. The Bertz CT molecular complexity index is 314. The fourth-order valence-electron chi connectivity index (χ4n) is 0.737. The third-order valence-electron chi connectivity index (χ3n) is 1.28. The van der Waals surface area contributed by atoms with E-state index in [9.17, 15) is 13.2 Å². The van der Waals surface area contributed by atoms with Crippen molar-refractivity contribution in [2.45, 2.75) is 0 Å². The Morgan fingerprint density at radius 3 is 2.33 bits per heavy atom. The van der Waals surface area contributed by atoms with Crippen LogP contribution in [0, 0.1) is 17.5 Å². The monoisotopic (exact) mass is 196 g/mol. The van der Waals surface area contributed by atoms with Gasteiger partial charge in [-0.1, -0.05) is 11.6 Å². The Labute approximate surface area is 71.7 Å². The first-order chi connectivity index (χ1) is 5.57. The number of rotatable bonds is 1. The van der Waals surface area contributed by atoms with E-state index in [1.54, 1.807) is 0 Å². The average Bonchev–Trinajstić information content (AvgIpc) is 2.01. The van der Waals surface area contributed by atoms with Crippen LogP contribution in [0.25, 0.3) is 0 Å². The maximum absolute atomic E-state index is 12.7. The number of methoxy groups -OCH3 is 1. The van der Waals surface area contributed by atoms with Crippen molar-refractivity contribution >= 4 is 11.6 Å². The van der Waals surface area contributed by atoms with E-state index in [-0.39, 0.29) is 0 Å². The van der Waals surface area contributed by atoms with Crippen molar-refractivity contribution in [3.8, 4) is 5.75 Å². The van der Waals surface area contributed by atoms with Gasteiger partial charge in [-0.2, -0.15) is 0 Å². The molecular weight excluding hydrogens is 193 g/mol. The van der Waals surface area contributed by atoms with E-state index in [1.807, 2.05) is 0 Å². The van der Waals surface area contributed by atoms with E-state index in [0.29, 0.717) is 6.07 Å². The molecule has 0 saturated carbocycles. The van der Waals surface area contributed by atoms with E-state index in [2.05, 4.69) is 4.74 Å². The minimum Gasteiger partial charge on any atom is -0.492 e. The summed E-state index contributed by atoms with van der Waals surface area (Å²) in [5, 5.41) is -0.685. The molecule has 0 amide bonds. The lowest BCUT2D eigenvalue weighted by Gasteiger charge is -2.04. The van der Waals surface area contributed by atoms with Gasteiger partial charge in [0.25, 0.3) is 0 Å². The molecule has 0 aliphatic carbocycles. The smallest absolute Gasteiger partial charge is 0.181 e. The second-order valence-corrected chi connectivity index (χ2v) is 2.38. The average molecular weight is 197 g/mol. The molecule has 1 nitrogen and oxygen atoms in total. The summed E-state index contributed by atoms with van der Waals surface area (Å²) in [4.78, 5) is 0. The van der Waals surface area contributed by atoms with Crippen LogP contribution >= 0.6 is 11.6 Å². The van der Waals surface area contributed by atoms with Crippen LogP contribution in [0.3, 0.4) is 0 Å². The van der Waals surface area contributed by atoms with E-state index >= 15 is 0 Å². The quantitative estimate of drug-likeness (QED) is 0.496. The van der Waals surface area contributed by atoms with Crippen LogP contribution in [-0.4, -0.2) is 7.11 Å². The van der Waals surface area contributed by atoms with Crippen molar-refractivity contribution in [1.82, 2.24) is 0 Å².